The maximum Gasteiger partial charge on any atom is 0.221 e. The Morgan fingerprint density at radius 1 is 0.667 bits per heavy atom. The number of aromatic nitrogens is 6. The van der Waals surface area contributed by atoms with Crippen molar-refractivity contribution in [1.82, 2.24) is 28.7 Å². The molecule has 0 aliphatic carbocycles. The van der Waals surface area contributed by atoms with Crippen LogP contribution >= 0.6 is 0 Å². The Bertz CT molecular complexity index is 2320. The van der Waals surface area contributed by atoms with E-state index in [0.29, 0.717) is 0 Å². The van der Waals surface area contributed by atoms with Crippen LogP contribution in [0.3, 0.4) is 0 Å². The van der Waals surface area contributed by atoms with Crippen molar-refractivity contribution < 1.29 is 0 Å². The predicted molar refractivity (Wildman–Crippen MR) is 183 cm³/mol. The summed E-state index contributed by atoms with van der Waals surface area (Å²) in [6.45, 7) is 8.81. The molecule has 0 aliphatic rings. The minimum absolute atomic E-state index is 0.0253. The van der Waals surface area contributed by atoms with Gasteiger partial charge in [0.15, 0.2) is 0 Å². The van der Waals surface area contributed by atoms with E-state index in [9.17, 15) is 0 Å². The first-order chi connectivity index (χ1) is 21.9. The van der Waals surface area contributed by atoms with Gasteiger partial charge in [-0.15, -0.1) is 0 Å². The molecule has 220 valence electrons. The van der Waals surface area contributed by atoms with Gasteiger partial charge < -0.3 is 4.90 Å². The van der Waals surface area contributed by atoms with Gasteiger partial charge in [0.2, 0.25) is 5.78 Å². The van der Waals surface area contributed by atoms with E-state index in [-0.39, 0.29) is 5.41 Å². The van der Waals surface area contributed by atoms with Crippen LogP contribution in [0.25, 0.3) is 39.3 Å². The largest absolute Gasteiger partial charge is 0.310 e. The van der Waals surface area contributed by atoms with Crippen LogP contribution in [-0.4, -0.2) is 28.7 Å². The van der Waals surface area contributed by atoms with E-state index < -0.39 is 0 Å². The van der Waals surface area contributed by atoms with Gasteiger partial charge in [0.05, 0.1) is 27.8 Å². The van der Waals surface area contributed by atoms with Gasteiger partial charge in [-0.1, -0.05) is 57.2 Å². The smallest absolute Gasteiger partial charge is 0.221 e. The number of rotatable bonds is 5. The fourth-order valence-electron chi connectivity index (χ4n) is 6.19. The van der Waals surface area contributed by atoms with Gasteiger partial charge in [-0.2, -0.15) is 5.10 Å². The van der Waals surface area contributed by atoms with Crippen LogP contribution in [0.2, 0.25) is 0 Å². The topological polar surface area (TPSA) is 56.2 Å². The Hall–Kier alpha value is -5.69. The molecule has 4 aromatic heterocycles. The minimum atomic E-state index is -0.0253. The predicted octanol–water partition coefficient (Wildman–Crippen LogP) is 9.09. The monoisotopic (exact) mass is 587 g/mol. The molecule has 0 unspecified atom stereocenters. The molecule has 8 aromatic rings. The molecule has 7 nitrogen and oxygen atoms in total. The number of para-hydroxylation sites is 2. The zero-order valence-electron chi connectivity index (χ0n) is 25.8. The number of pyridine rings is 1. The van der Waals surface area contributed by atoms with Gasteiger partial charge in [-0.3, -0.25) is 8.97 Å². The maximum absolute atomic E-state index is 5.21. The summed E-state index contributed by atoms with van der Waals surface area (Å²) >= 11 is 0. The average Bonchev–Trinajstić information content (AvgIpc) is 3.78. The average molecular weight is 588 g/mol. The minimum Gasteiger partial charge on any atom is -0.310 e. The molecule has 4 aromatic carbocycles. The van der Waals surface area contributed by atoms with E-state index in [0.717, 1.165) is 62.0 Å². The highest BCUT2D eigenvalue weighted by molar-refractivity contribution is 5.95. The van der Waals surface area contributed by atoms with Crippen molar-refractivity contribution in [3.63, 3.8) is 0 Å². The van der Waals surface area contributed by atoms with Crippen molar-refractivity contribution in [3.8, 4) is 11.5 Å². The highest BCUT2D eigenvalue weighted by atomic mass is 15.3. The summed E-state index contributed by atoms with van der Waals surface area (Å²) in [5.74, 6) is 1.69. The number of hydrogen-bond donors (Lipinski definition) is 0. The number of hydrogen-bond acceptors (Lipinski definition) is 4. The summed E-state index contributed by atoms with van der Waals surface area (Å²) in [6.07, 6.45) is 5.67. The molecule has 0 N–H and O–H groups in total. The Kier molecular flexibility index (Phi) is 6.10. The van der Waals surface area contributed by atoms with Gasteiger partial charge in [0.25, 0.3) is 0 Å². The fraction of sp³-hybridized carbons (Fsp3) is 0.132. The first-order valence-corrected chi connectivity index (χ1v) is 15.2. The number of benzene rings is 4. The second kappa shape index (κ2) is 10.2. The summed E-state index contributed by atoms with van der Waals surface area (Å²) in [7, 11) is 0. The lowest BCUT2D eigenvalue weighted by Gasteiger charge is -2.26. The van der Waals surface area contributed by atoms with Crippen LogP contribution in [0, 0.1) is 6.92 Å². The third-order valence-electron chi connectivity index (χ3n) is 8.48. The van der Waals surface area contributed by atoms with Crippen molar-refractivity contribution in [2.75, 3.05) is 4.90 Å². The van der Waals surface area contributed by atoms with Gasteiger partial charge in [-0.25, -0.2) is 14.6 Å². The highest BCUT2D eigenvalue weighted by Crippen LogP contribution is 2.39. The molecule has 0 saturated heterocycles. The normalized spacial score (nSPS) is 12.0. The summed E-state index contributed by atoms with van der Waals surface area (Å²) in [5.41, 5.74) is 10.6. The van der Waals surface area contributed by atoms with Crippen LogP contribution in [0.15, 0.2) is 128 Å². The van der Waals surface area contributed by atoms with Gasteiger partial charge >= 0.3 is 0 Å². The van der Waals surface area contributed by atoms with Gasteiger partial charge in [0, 0.05) is 35.7 Å². The Morgan fingerprint density at radius 3 is 2.27 bits per heavy atom. The molecule has 8 rings (SSSR count). The zero-order chi connectivity index (χ0) is 30.7. The first-order valence-electron chi connectivity index (χ1n) is 15.2. The molecule has 0 atom stereocenters. The molecule has 0 saturated carbocycles. The van der Waals surface area contributed by atoms with E-state index in [1.807, 2.05) is 29.2 Å². The summed E-state index contributed by atoms with van der Waals surface area (Å²) in [4.78, 5) is 12.4. The lowest BCUT2D eigenvalue weighted by atomic mass is 9.88. The lowest BCUT2D eigenvalue weighted by molar-refractivity contribution is 0.588. The zero-order valence-corrected chi connectivity index (χ0v) is 25.8. The van der Waals surface area contributed by atoms with E-state index in [2.05, 4.69) is 144 Å². The van der Waals surface area contributed by atoms with E-state index in [4.69, 9.17) is 9.97 Å². The summed E-state index contributed by atoms with van der Waals surface area (Å²) in [5, 5.41) is 4.47. The number of anilines is 3. The molecule has 0 aliphatic heterocycles. The Labute approximate surface area is 261 Å². The van der Waals surface area contributed by atoms with Crippen molar-refractivity contribution in [1.29, 1.82) is 0 Å². The molecule has 4 heterocycles. The molecular weight excluding hydrogens is 554 g/mol. The van der Waals surface area contributed by atoms with Gasteiger partial charge in [-0.05, 0) is 96.3 Å². The van der Waals surface area contributed by atoms with Crippen LogP contribution < -0.4 is 4.90 Å². The quantitative estimate of drug-likeness (QED) is 0.202. The SMILES string of the molecule is Cc1cccc2c1nc1n(-c3cc(C(C)(C)C)ccn3)c3cc(N(c4ccccc4)c4cccc(-n5cccn5)c4)ccc3n21. The third-order valence-corrected chi connectivity index (χ3v) is 8.48. The first kappa shape index (κ1) is 26.9. The van der Waals surface area contributed by atoms with Crippen LogP contribution in [0.1, 0.15) is 31.9 Å². The molecule has 0 radical (unpaired) electrons. The van der Waals surface area contributed by atoms with E-state index in [1.54, 1.807) is 6.20 Å². The Balaban J connectivity index is 1.41. The van der Waals surface area contributed by atoms with Crippen LogP contribution in [0.5, 0.6) is 0 Å². The van der Waals surface area contributed by atoms with E-state index in [1.165, 1.54) is 5.56 Å². The fourth-order valence-corrected chi connectivity index (χ4v) is 6.19. The summed E-state index contributed by atoms with van der Waals surface area (Å²) < 4.78 is 6.35. The molecule has 0 fully saturated rings. The summed E-state index contributed by atoms with van der Waals surface area (Å²) in [6, 6.07) is 38.2. The van der Waals surface area contributed by atoms with Crippen LogP contribution in [0.4, 0.5) is 17.1 Å². The lowest BCUT2D eigenvalue weighted by Crippen LogP contribution is -2.12. The standard InChI is InChI=1S/C38H33N7/c1-26-11-8-16-33-36(26)41-37-44(33)32-18-17-31(25-34(32)45(37)35-23-27(19-21-39-35)38(2,3)4)43(28-12-6-5-7-13-28)30-15-9-14-29(24-30)42-22-10-20-40-42/h5-25H,1-4H3. The second-order valence-electron chi connectivity index (χ2n) is 12.5. The number of aryl methyl sites for hydroxylation is 1. The number of fused-ring (bicyclic) bond motifs is 5. The van der Waals surface area contributed by atoms with E-state index >= 15 is 0 Å². The van der Waals surface area contributed by atoms with Gasteiger partial charge in [0.1, 0.15) is 5.82 Å². The molecule has 0 amide bonds. The number of imidazole rings is 2. The molecular formula is C38H33N7. The molecule has 0 spiro atoms. The van der Waals surface area contributed by atoms with Crippen LogP contribution in [-0.2, 0) is 5.41 Å². The highest BCUT2D eigenvalue weighted by Gasteiger charge is 2.23. The van der Waals surface area contributed by atoms with Crippen molar-refractivity contribution in [2.45, 2.75) is 33.1 Å². The molecule has 7 heteroatoms. The number of nitrogens with zero attached hydrogens (tertiary/aromatic N) is 7. The Morgan fingerprint density at radius 2 is 1.47 bits per heavy atom. The van der Waals surface area contributed by atoms with Crippen molar-refractivity contribution in [3.05, 3.63) is 139 Å². The maximum atomic E-state index is 5.21. The van der Waals surface area contributed by atoms with Crippen molar-refractivity contribution in [2.24, 2.45) is 0 Å². The molecule has 0 bridgehead atoms. The molecule has 45 heavy (non-hydrogen) atoms. The second-order valence-corrected chi connectivity index (χ2v) is 12.5. The van der Waals surface area contributed by atoms with Crippen molar-refractivity contribution >= 4 is 44.9 Å². The third kappa shape index (κ3) is 4.47.